The summed E-state index contributed by atoms with van der Waals surface area (Å²) in [4.78, 5) is 2.38. The highest BCUT2D eigenvalue weighted by atomic mass is 16.5. The van der Waals surface area contributed by atoms with Crippen LogP contribution in [-0.4, -0.2) is 31.6 Å². The Hall–Kier alpha value is -1.02. The fourth-order valence-electron chi connectivity index (χ4n) is 2.82. The Kier molecular flexibility index (Phi) is 12.7. The van der Waals surface area contributed by atoms with Crippen LogP contribution < -0.4 is 4.74 Å². The number of unbranched alkanes of at least 4 members (excludes halogenated alkanes) is 9. The van der Waals surface area contributed by atoms with Gasteiger partial charge in [0.05, 0.1) is 0 Å². The molecule has 0 aliphatic rings. The van der Waals surface area contributed by atoms with Gasteiger partial charge in [-0.3, -0.25) is 0 Å². The monoisotopic (exact) mass is 319 g/mol. The van der Waals surface area contributed by atoms with Crippen molar-refractivity contribution in [3.8, 4) is 5.75 Å². The molecule has 0 bridgehead atoms. The minimum Gasteiger partial charge on any atom is -0.492 e. The standard InChI is InChI=1S/C21H37NO/c1-3-4-5-6-7-8-9-10-11-15-18-22(2)19-20-23-21-16-13-12-14-17-21/h12-14,16-17H,3-11,15,18-20H2,1-2H3. The molecule has 0 aromatic heterocycles. The van der Waals surface area contributed by atoms with Crippen molar-refractivity contribution in [1.29, 1.82) is 0 Å². The second kappa shape index (κ2) is 14.6. The smallest absolute Gasteiger partial charge is 0.119 e. The van der Waals surface area contributed by atoms with Crippen molar-refractivity contribution >= 4 is 0 Å². The first-order valence-electron chi connectivity index (χ1n) is 9.69. The van der Waals surface area contributed by atoms with Crippen LogP contribution in [0.1, 0.15) is 71.1 Å². The lowest BCUT2D eigenvalue weighted by Gasteiger charge is -2.16. The van der Waals surface area contributed by atoms with Crippen LogP contribution in [-0.2, 0) is 0 Å². The SMILES string of the molecule is CCCCCCCCCCCCN(C)CCOc1ccccc1. The molecule has 0 radical (unpaired) electrons. The molecule has 1 rings (SSSR count). The Balaban J connectivity index is 1.84. The highest BCUT2D eigenvalue weighted by molar-refractivity contribution is 5.20. The van der Waals surface area contributed by atoms with Crippen molar-refractivity contribution in [2.24, 2.45) is 0 Å². The summed E-state index contributed by atoms with van der Waals surface area (Å²) in [6, 6.07) is 10.1. The van der Waals surface area contributed by atoms with Gasteiger partial charge in [-0.05, 0) is 32.1 Å². The van der Waals surface area contributed by atoms with E-state index in [4.69, 9.17) is 4.74 Å². The number of benzene rings is 1. The molecule has 0 atom stereocenters. The van der Waals surface area contributed by atoms with Crippen LogP contribution in [0.15, 0.2) is 30.3 Å². The van der Waals surface area contributed by atoms with Crippen molar-refractivity contribution in [2.45, 2.75) is 71.1 Å². The lowest BCUT2D eigenvalue weighted by atomic mass is 10.1. The average Bonchev–Trinajstić information content (AvgIpc) is 2.57. The van der Waals surface area contributed by atoms with E-state index in [9.17, 15) is 0 Å². The van der Waals surface area contributed by atoms with Crippen LogP contribution in [0.3, 0.4) is 0 Å². The minimum absolute atomic E-state index is 0.776. The first-order chi connectivity index (χ1) is 11.3. The van der Waals surface area contributed by atoms with Gasteiger partial charge in [-0.2, -0.15) is 0 Å². The topological polar surface area (TPSA) is 12.5 Å². The largest absolute Gasteiger partial charge is 0.492 e. The van der Waals surface area contributed by atoms with Gasteiger partial charge in [-0.1, -0.05) is 82.9 Å². The summed E-state index contributed by atoms with van der Waals surface area (Å²) in [6.07, 6.45) is 14.0. The van der Waals surface area contributed by atoms with Gasteiger partial charge in [0, 0.05) is 6.54 Å². The zero-order chi connectivity index (χ0) is 16.6. The number of rotatable bonds is 15. The Labute approximate surface area is 144 Å². The summed E-state index contributed by atoms with van der Waals surface area (Å²) in [5.74, 6) is 0.972. The zero-order valence-corrected chi connectivity index (χ0v) is 15.4. The van der Waals surface area contributed by atoms with Crippen LogP contribution >= 0.6 is 0 Å². The number of hydrogen-bond acceptors (Lipinski definition) is 2. The molecule has 1 aromatic carbocycles. The second-order valence-electron chi connectivity index (χ2n) is 6.65. The molecule has 132 valence electrons. The van der Waals surface area contributed by atoms with E-state index in [1.807, 2.05) is 30.3 Å². The van der Waals surface area contributed by atoms with Crippen LogP contribution in [0, 0.1) is 0 Å². The van der Waals surface area contributed by atoms with E-state index in [1.54, 1.807) is 0 Å². The first-order valence-corrected chi connectivity index (χ1v) is 9.69. The van der Waals surface area contributed by atoms with Gasteiger partial charge in [0.2, 0.25) is 0 Å². The van der Waals surface area contributed by atoms with Crippen molar-refractivity contribution in [2.75, 3.05) is 26.7 Å². The molecular weight excluding hydrogens is 282 g/mol. The molecule has 0 amide bonds. The molecule has 0 saturated carbocycles. The van der Waals surface area contributed by atoms with E-state index >= 15 is 0 Å². The number of hydrogen-bond donors (Lipinski definition) is 0. The Morgan fingerprint density at radius 1 is 0.739 bits per heavy atom. The lowest BCUT2D eigenvalue weighted by Crippen LogP contribution is -2.25. The van der Waals surface area contributed by atoms with E-state index in [1.165, 1.54) is 70.8 Å². The maximum atomic E-state index is 5.73. The molecule has 0 spiro atoms. The molecule has 0 aliphatic heterocycles. The summed E-state index contributed by atoms with van der Waals surface area (Å²) in [5.41, 5.74) is 0. The highest BCUT2D eigenvalue weighted by Gasteiger charge is 1.99. The third-order valence-electron chi connectivity index (χ3n) is 4.38. The molecule has 2 nitrogen and oxygen atoms in total. The number of ether oxygens (including phenoxy) is 1. The summed E-state index contributed by atoms with van der Waals surface area (Å²) in [6.45, 7) is 5.25. The maximum absolute atomic E-state index is 5.73. The van der Waals surface area contributed by atoms with Crippen LogP contribution in [0.25, 0.3) is 0 Å². The summed E-state index contributed by atoms with van der Waals surface area (Å²) in [5, 5.41) is 0. The van der Waals surface area contributed by atoms with Gasteiger partial charge in [0.15, 0.2) is 0 Å². The molecule has 0 fully saturated rings. The fourth-order valence-corrected chi connectivity index (χ4v) is 2.82. The molecule has 0 heterocycles. The molecule has 0 saturated heterocycles. The first kappa shape index (κ1) is 20.0. The molecule has 0 N–H and O–H groups in total. The van der Waals surface area contributed by atoms with Gasteiger partial charge in [-0.25, -0.2) is 0 Å². The van der Waals surface area contributed by atoms with Crippen LogP contribution in [0.5, 0.6) is 5.75 Å². The quantitative estimate of drug-likeness (QED) is 0.372. The highest BCUT2D eigenvalue weighted by Crippen LogP contribution is 2.11. The van der Waals surface area contributed by atoms with E-state index in [0.29, 0.717) is 0 Å². The van der Waals surface area contributed by atoms with Crippen molar-refractivity contribution in [3.63, 3.8) is 0 Å². The van der Waals surface area contributed by atoms with Crippen molar-refractivity contribution in [3.05, 3.63) is 30.3 Å². The van der Waals surface area contributed by atoms with Crippen LogP contribution in [0.4, 0.5) is 0 Å². The summed E-state index contributed by atoms with van der Waals surface area (Å²) in [7, 11) is 2.20. The predicted octanol–water partition coefficient (Wildman–Crippen LogP) is 5.92. The van der Waals surface area contributed by atoms with Gasteiger partial charge in [0.1, 0.15) is 12.4 Å². The van der Waals surface area contributed by atoms with Gasteiger partial charge in [0.25, 0.3) is 0 Å². The van der Waals surface area contributed by atoms with Crippen molar-refractivity contribution in [1.82, 2.24) is 4.90 Å². The minimum atomic E-state index is 0.776. The maximum Gasteiger partial charge on any atom is 0.119 e. The summed E-state index contributed by atoms with van der Waals surface area (Å²) >= 11 is 0. The second-order valence-corrected chi connectivity index (χ2v) is 6.65. The molecular formula is C21H37NO. The van der Waals surface area contributed by atoms with E-state index in [2.05, 4.69) is 18.9 Å². The van der Waals surface area contributed by atoms with Crippen LogP contribution in [0.2, 0.25) is 0 Å². The van der Waals surface area contributed by atoms with Gasteiger partial charge in [-0.15, -0.1) is 0 Å². The lowest BCUT2D eigenvalue weighted by molar-refractivity contribution is 0.234. The molecule has 2 heteroatoms. The zero-order valence-electron chi connectivity index (χ0n) is 15.4. The van der Waals surface area contributed by atoms with E-state index in [0.717, 1.165) is 18.9 Å². The molecule has 23 heavy (non-hydrogen) atoms. The molecule has 0 aliphatic carbocycles. The normalized spacial score (nSPS) is 11.1. The molecule has 0 unspecified atom stereocenters. The Morgan fingerprint density at radius 3 is 1.91 bits per heavy atom. The fraction of sp³-hybridized carbons (Fsp3) is 0.714. The number of nitrogens with zero attached hydrogens (tertiary/aromatic N) is 1. The Morgan fingerprint density at radius 2 is 1.30 bits per heavy atom. The predicted molar refractivity (Wildman–Crippen MR) is 101 cm³/mol. The number of para-hydroxylation sites is 1. The van der Waals surface area contributed by atoms with Crippen molar-refractivity contribution < 1.29 is 4.74 Å². The molecule has 1 aromatic rings. The van der Waals surface area contributed by atoms with E-state index in [-0.39, 0.29) is 0 Å². The third-order valence-corrected chi connectivity index (χ3v) is 4.38. The van der Waals surface area contributed by atoms with Gasteiger partial charge >= 0.3 is 0 Å². The Bertz CT molecular complexity index is 352. The van der Waals surface area contributed by atoms with Gasteiger partial charge < -0.3 is 9.64 Å². The average molecular weight is 320 g/mol. The third kappa shape index (κ3) is 12.1. The van der Waals surface area contributed by atoms with E-state index < -0.39 is 0 Å². The summed E-state index contributed by atoms with van der Waals surface area (Å²) < 4.78 is 5.73. The number of likely N-dealkylation sites (N-methyl/N-ethyl adjacent to an activating group) is 1.